The molecule has 0 unspecified atom stereocenters. The zero-order valence-electron chi connectivity index (χ0n) is 21.2. The Labute approximate surface area is 224 Å². The molecule has 0 aromatic heterocycles. The Bertz CT molecular complexity index is 1460. The van der Waals surface area contributed by atoms with Gasteiger partial charge in [0.05, 0.1) is 30.7 Å². The molecule has 0 fully saturated rings. The molecular weight excluding hydrogens is 537 g/mol. The molecule has 8 nitrogen and oxygen atoms in total. The minimum atomic E-state index is -4.46. The van der Waals surface area contributed by atoms with Gasteiger partial charge in [0, 0.05) is 24.9 Å². The molecule has 1 aliphatic heterocycles. The van der Waals surface area contributed by atoms with Crippen LogP contribution in [-0.4, -0.2) is 54.2 Å². The highest BCUT2D eigenvalue weighted by Crippen LogP contribution is 2.35. The van der Waals surface area contributed by atoms with Gasteiger partial charge >= 0.3 is 6.18 Å². The van der Waals surface area contributed by atoms with Crippen LogP contribution in [0.5, 0.6) is 5.75 Å². The van der Waals surface area contributed by atoms with E-state index in [0.717, 1.165) is 18.4 Å². The minimum Gasteiger partial charge on any atom is -0.465 e. The SMILES string of the molecule is COCCOCOc1ccc(N2CCc3cc(-c4cccc(C(F)(F)F)c4)ccc3C2=O)cc1NS(C)(=O)=O. The molecule has 1 aliphatic rings. The molecule has 39 heavy (non-hydrogen) atoms. The zero-order valence-corrected chi connectivity index (χ0v) is 22.1. The highest BCUT2D eigenvalue weighted by Gasteiger charge is 2.31. The third-order valence-electron chi connectivity index (χ3n) is 6.01. The molecule has 0 spiro atoms. The van der Waals surface area contributed by atoms with E-state index in [2.05, 4.69) is 4.72 Å². The van der Waals surface area contributed by atoms with E-state index in [1.165, 1.54) is 24.1 Å². The second-order valence-electron chi connectivity index (χ2n) is 8.88. The summed E-state index contributed by atoms with van der Waals surface area (Å²) in [6, 6.07) is 14.7. The molecule has 0 radical (unpaired) electrons. The lowest BCUT2D eigenvalue weighted by atomic mass is 9.93. The van der Waals surface area contributed by atoms with Crippen molar-refractivity contribution in [1.82, 2.24) is 0 Å². The molecule has 4 rings (SSSR count). The van der Waals surface area contributed by atoms with E-state index in [-0.39, 0.29) is 30.7 Å². The van der Waals surface area contributed by atoms with E-state index >= 15 is 0 Å². The van der Waals surface area contributed by atoms with Crippen LogP contribution in [0.15, 0.2) is 60.7 Å². The molecule has 208 valence electrons. The molecule has 0 aliphatic carbocycles. The topological polar surface area (TPSA) is 94.2 Å². The summed E-state index contributed by atoms with van der Waals surface area (Å²) in [7, 11) is -2.12. The van der Waals surface area contributed by atoms with Crippen LogP contribution in [0.1, 0.15) is 21.5 Å². The summed E-state index contributed by atoms with van der Waals surface area (Å²) in [5, 5.41) is 0. The van der Waals surface area contributed by atoms with E-state index in [9.17, 15) is 26.4 Å². The number of methoxy groups -OCH3 is 1. The number of nitrogens with one attached hydrogen (secondary N) is 1. The van der Waals surface area contributed by atoms with Gasteiger partial charge in [-0.2, -0.15) is 13.2 Å². The number of fused-ring (bicyclic) bond motifs is 1. The highest BCUT2D eigenvalue weighted by atomic mass is 32.2. The summed E-state index contributed by atoms with van der Waals surface area (Å²) in [6.45, 7) is 0.819. The summed E-state index contributed by atoms with van der Waals surface area (Å²) >= 11 is 0. The summed E-state index contributed by atoms with van der Waals surface area (Å²) in [4.78, 5) is 14.9. The van der Waals surface area contributed by atoms with Gasteiger partial charge in [-0.3, -0.25) is 9.52 Å². The van der Waals surface area contributed by atoms with Crippen LogP contribution in [0, 0.1) is 0 Å². The Morgan fingerprint density at radius 1 is 1.00 bits per heavy atom. The average molecular weight is 565 g/mol. The second-order valence-corrected chi connectivity index (χ2v) is 10.6. The van der Waals surface area contributed by atoms with Crippen molar-refractivity contribution in [1.29, 1.82) is 0 Å². The van der Waals surface area contributed by atoms with Crippen LogP contribution < -0.4 is 14.4 Å². The van der Waals surface area contributed by atoms with Crippen molar-refractivity contribution in [2.75, 3.05) is 49.5 Å². The van der Waals surface area contributed by atoms with Crippen molar-refractivity contribution in [2.24, 2.45) is 0 Å². The Morgan fingerprint density at radius 2 is 1.77 bits per heavy atom. The van der Waals surface area contributed by atoms with Gasteiger partial charge in [0.15, 0.2) is 6.79 Å². The normalized spacial score (nSPS) is 13.8. The zero-order chi connectivity index (χ0) is 28.2. The van der Waals surface area contributed by atoms with E-state index in [1.807, 2.05) is 0 Å². The number of ether oxygens (including phenoxy) is 3. The number of carbonyl (C=O) groups is 1. The maximum atomic E-state index is 13.4. The van der Waals surface area contributed by atoms with Gasteiger partial charge in [0.25, 0.3) is 5.91 Å². The standard InChI is InChI=1S/C27H27F3N2O6S/c1-36-12-13-37-17-38-25-9-7-22(16-24(25)31-39(2,34)35)32-11-10-20-14-19(6-8-23(20)26(32)33)18-4-3-5-21(15-18)27(28,29)30/h3-9,14-16,31H,10-13,17H2,1-2H3. The number of benzene rings is 3. The van der Waals surface area contributed by atoms with Crippen LogP contribution >= 0.6 is 0 Å². The van der Waals surface area contributed by atoms with Crippen LogP contribution in [0.3, 0.4) is 0 Å². The van der Waals surface area contributed by atoms with Crippen molar-refractivity contribution in [3.8, 4) is 16.9 Å². The molecule has 3 aromatic carbocycles. The van der Waals surface area contributed by atoms with Gasteiger partial charge in [0.2, 0.25) is 10.0 Å². The van der Waals surface area contributed by atoms with Crippen molar-refractivity contribution in [3.63, 3.8) is 0 Å². The third kappa shape index (κ3) is 7.08. The Hall–Kier alpha value is -3.61. The van der Waals surface area contributed by atoms with Gasteiger partial charge in [0.1, 0.15) is 5.75 Å². The number of amides is 1. The largest absolute Gasteiger partial charge is 0.465 e. The summed E-state index contributed by atoms with van der Waals surface area (Å²) in [5.41, 5.74) is 1.97. The number of alkyl halides is 3. The summed E-state index contributed by atoms with van der Waals surface area (Å²) in [6.07, 6.45) is -3.00. The smallest absolute Gasteiger partial charge is 0.416 e. The molecule has 12 heteroatoms. The second kappa shape index (κ2) is 11.6. The molecular formula is C27H27F3N2O6S. The number of rotatable bonds is 10. The summed E-state index contributed by atoms with van der Waals surface area (Å²) in [5.74, 6) is -0.0918. The van der Waals surface area contributed by atoms with Crippen molar-refractivity contribution in [3.05, 3.63) is 77.4 Å². The first-order chi connectivity index (χ1) is 18.5. The van der Waals surface area contributed by atoms with Gasteiger partial charge in [-0.25, -0.2) is 8.42 Å². The molecule has 0 bridgehead atoms. The number of nitrogens with zero attached hydrogens (tertiary/aromatic N) is 1. The molecule has 0 saturated heterocycles. The van der Waals surface area contributed by atoms with Gasteiger partial charge in [-0.15, -0.1) is 0 Å². The van der Waals surface area contributed by atoms with E-state index < -0.39 is 21.8 Å². The van der Waals surface area contributed by atoms with Crippen LogP contribution in [0.25, 0.3) is 11.1 Å². The van der Waals surface area contributed by atoms with Gasteiger partial charge < -0.3 is 19.1 Å². The lowest BCUT2D eigenvalue weighted by molar-refractivity contribution is -0.137. The molecule has 1 heterocycles. The number of sulfonamides is 1. The number of hydrogen-bond acceptors (Lipinski definition) is 6. The maximum Gasteiger partial charge on any atom is 0.416 e. The monoisotopic (exact) mass is 564 g/mol. The fraction of sp³-hybridized carbons (Fsp3) is 0.296. The Morgan fingerprint density at radius 3 is 2.49 bits per heavy atom. The molecule has 1 N–H and O–H groups in total. The van der Waals surface area contributed by atoms with Crippen molar-refractivity contribution in [2.45, 2.75) is 12.6 Å². The predicted molar refractivity (Wildman–Crippen MR) is 140 cm³/mol. The number of hydrogen-bond donors (Lipinski definition) is 1. The molecule has 3 aromatic rings. The first-order valence-corrected chi connectivity index (χ1v) is 13.8. The lowest BCUT2D eigenvalue weighted by Gasteiger charge is -2.29. The minimum absolute atomic E-state index is 0.134. The lowest BCUT2D eigenvalue weighted by Crippen LogP contribution is -2.37. The van der Waals surface area contributed by atoms with Crippen LogP contribution in [-0.2, 0) is 32.1 Å². The maximum absolute atomic E-state index is 13.4. The first-order valence-electron chi connectivity index (χ1n) is 11.9. The first kappa shape index (κ1) is 28.4. The predicted octanol–water partition coefficient (Wildman–Crippen LogP) is 4.95. The highest BCUT2D eigenvalue weighted by molar-refractivity contribution is 7.92. The van der Waals surface area contributed by atoms with Crippen LogP contribution in [0.2, 0.25) is 0 Å². The number of anilines is 2. The fourth-order valence-electron chi connectivity index (χ4n) is 4.19. The number of carbonyl (C=O) groups excluding carboxylic acids is 1. The van der Waals surface area contributed by atoms with Gasteiger partial charge in [-0.1, -0.05) is 24.3 Å². The molecule has 0 atom stereocenters. The fourth-order valence-corrected chi connectivity index (χ4v) is 4.75. The van der Waals surface area contributed by atoms with E-state index in [4.69, 9.17) is 14.2 Å². The van der Waals surface area contributed by atoms with E-state index in [1.54, 1.807) is 36.4 Å². The quantitative estimate of drug-likeness (QED) is 0.277. The Kier molecular flexibility index (Phi) is 8.48. The van der Waals surface area contributed by atoms with Gasteiger partial charge in [-0.05, 0) is 59.5 Å². The van der Waals surface area contributed by atoms with E-state index in [0.29, 0.717) is 47.6 Å². The number of halogens is 3. The van der Waals surface area contributed by atoms with Crippen molar-refractivity contribution >= 4 is 27.3 Å². The third-order valence-corrected chi connectivity index (χ3v) is 6.60. The molecule has 1 amide bonds. The average Bonchev–Trinajstić information content (AvgIpc) is 2.88. The van der Waals surface area contributed by atoms with Crippen molar-refractivity contribution < 1.29 is 40.6 Å². The molecule has 0 saturated carbocycles. The Balaban J connectivity index is 1.57. The summed E-state index contributed by atoms with van der Waals surface area (Å²) < 4.78 is 81.5. The van der Waals surface area contributed by atoms with Crippen LogP contribution in [0.4, 0.5) is 24.5 Å².